The van der Waals surface area contributed by atoms with Crippen LogP contribution >= 0.6 is 0 Å². The summed E-state index contributed by atoms with van der Waals surface area (Å²) in [7, 11) is 0. The van der Waals surface area contributed by atoms with Crippen LogP contribution in [0.3, 0.4) is 0 Å². The fourth-order valence-corrected chi connectivity index (χ4v) is 2.04. The molecular weight excluding hydrogens is 287 g/mol. The van der Waals surface area contributed by atoms with Gasteiger partial charge in [0.25, 0.3) is 0 Å². The SMILES string of the molecule is NCc1ccc(OCCN2CCNC2=O)c(C(F)(F)F)c1. The lowest BCUT2D eigenvalue weighted by molar-refractivity contribution is -0.139. The predicted molar refractivity (Wildman–Crippen MR) is 69.8 cm³/mol. The van der Waals surface area contributed by atoms with Crippen molar-refractivity contribution in [3.05, 3.63) is 29.3 Å². The average molecular weight is 303 g/mol. The number of carbonyl (C=O) groups is 1. The van der Waals surface area contributed by atoms with E-state index in [-0.39, 0.29) is 31.5 Å². The third-order valence-corrected chi connectivity index (χ3v) is 3.15. The summed E-state index contributed by atoms with van der Waals surface area (Å²) in [6.45, 7) is 1.33. The first-order valence-electron chi connectivity index (χ1n) is 6.47. The van der Waals surface area contributed by atoms with Gasteiger partial charge < -0.3 is 20.7 Å². The molecule has 1 aromatic carbocycles. The number of nitrogens with two attached hydrogens (primary N) is 1. The average Bonchev–Trinajstić information content (AvgIpc) is 2.83. The Labute approximate surface area is 119 Å². The first-order valence-corrected chi connectivity index (χ1v) is 6.47. The van der Waals surface area contributed by atoms with Gasteiger partial charge in [-0.15, -0.1) is 0 Å². The molecule has 0 saturated carbocycles. The lowest BCUT2D eigenvalue weighted by Crippen LogP contribution is -2.32. The Morgan fingerprint density at radius 1 is 1.38 bits per heavy atom. The van der Waals surface area contributed by atoms with Gasteiger partial charge in [0, 0.05) is 19.6 Å². The number of alkyl halides is 3. The molecule has 1 fully saturated rings. The summed E-state index contributed by atoms with van der Waals surface area (Å²) in [4.78, 5) is 12.8. The van der Waals surface area contributed by atoms with Crippen LogP contribution in [0.1, 0.15) is 11.1 Å². The molecular formula is C13H16F3N3O2. The Bertz CT molecular complexity index is 520. The van der Waals surface area contributed by atoms with E-state index >= 15 is 0 Å². The van der Waals surface area contributed by atoms with Crippen molar-refractivity contribution in [3.63, 3.8) is 0 Å². The van der Waals surface area contributed by atoms with E-state index in [9.17, 15) is 18.0 Å². The Balaban J connectivity index is 2.03. The molecule has 0 aliphatic carbocycles. The number of urea groups is 1. The number of hydrogen-bond donors (Lipinski definition) is 2. The van der Waals surface area contributed by atoms with Gasteiger partial charge in [-0.1, -0.05) is 6.07 Å². The third-order valence-electron chi connectivity index (χ3n) is 3.15. The number of hydrogen-bond acceptors (Lipinski definition) is 3. The molecule has 1 aliphatic rings. The zero-order valence-corrected chi connectivity index (χ0v) is 11.2. The fourth-order valence-electron chi connectivity index (χ4n) is 2.04. The topological polar surface area (TPSA) is 67.6 Å². The smallest absolute Gasteiger partial charge is 0.419 e. The second kappa shape index (κ2) is 6.21. The molecule has 8 heteroatoms. The van der Waals surface area contributed by atoms with Gasteiger partial charge in [0.1, 0.15) is 12.4 Å². The van der Waals surface area contributed by atoms with Crippen molar-refractivity contribution >= 4 is 6.03 Å². The number of carbonyl (C=O) groups excluding carboxylic acids is 1. The summed E-state index contributed by atoms with van der Waals surface area (Å²) in [5, 5.41) is 2.61. The van der Waals surface area contributed by atoms with E-state index in [4.69, 9.17) is 10.5 Å². The highest BCUT2D eigenvalue weighted by atomic mass is 19.4. The Hall–Kier alpha value is -1.96. The van der Waals surface area contributed by atoms with Crippen molar-refractivity contribution in [1.29, 1.82) is 0 Å². The zero-order valence-electron chi connectivity index (χ0n) is 11.2. The van der Waals surface area contributed by atoms with Gasteiger partial charge in [0.05, 0.1) is 12.1 Å². The van der Waals surface area contributed by atoms with Gasteiger partial charge >= 0.3 is 12.2 Å². The van der Waals surface area contributed by atoms with Crippen molar-refractivity contribution in [2.75, 3.05) is 26.2 Å². The van der Waals surface area contributed by atoms with Crippen molar-refractivity contribution in [1.82, 2.24) is 10.2 Å². The van der Waals surface area contributed by atoms with Crippen molar-refractivity contribution < 1.29 is 22.7 Å². The molecule has 1 aromatic rings. The summed E-state index contributed by atoms with van der Waals surface area (Å²) in [5.74, 6) is -0.251. The van der Waals surface area contributed by atoms with Crippen LogP contribution in [0.25, 0.3) is 0 Å². The van der Waals surface area contributed by atoms with Crippen molar-refractivity contribution in [2.24, 2.45) is 5.73 Å². The standard InChI is InChI=1S/C13H16F3N3O2/c14-13(15,16)10-7-9(8-17)1-2-11(10)21-6-5-19-4-3-18-12(19)20/h1-2,7H,3-6,8,17H2,(H,18,20). The fraction of sp³-hybridized carbons (Fsp3) is 0.462. The molecule has 5 nitrogen and oxygen atoms in total. The highest BCUT2D eigenvalue weighted by Gasteiger charge is 2.34. The van der Waals surface area contributed by atoms with E-state index in [1.807, 2.05) is 0 Å². The molecule has 0 unspecified atom stereocenters. The number of rotatable bonds is 5. The summed E-state index contributed by atoms with van der Waals surface area (Å²) >= 11 is 0. The first kappa shape index (κ1) is 15.4. The Morgan fingerprint density at radius 3 is 2.71 bits per heavy atom. The quantitative estimate of drug-likeness (QED) is 0.867. The van der Waals surface area contributed by atoms with E-state index < -0.39 is 11.7 Å². The molecule has 2 rings (SSSR count). The van der Waals surface area contributed by atoms with Crippen molar-refractivity contribution in [2.45, 2.75) is 12.7 Å². The van der Waals surface area contributed by atoms with E-state index in [1.165, 1.54) is 17.0 Å². The molecule has 0 aromatic heterocycles. The normalized spacial score (nSPS) is 15.2. The van der Waals surface area contributed by atoms with Gasteiger partial charge in [-0.25, -0.2) is 4.79 Å². The minimum absolute atomic E-state index is 0.00152. The number of benzene rings is 1. The second-order valence-electron chi connectivity index (χ2n) is 4.60. The maximum Gasteiger partial charge on any atom is 0.419 e. The number of nitrogens with one attached hydrogen (secondary N) is 1. The molecule has 1 saturated heterocycles. The highest BCUT2D eigenvalue weighted by molar-refractivity contribution is 5.76. The van der Waals surface area contributed by atoms with Gasteiger partial charge in [0.15, 0.2) is 0 Å². The van der Waals surface area contributed by atoms with E-state index in [0.717, 1.165) is 6.07 Å². The number of ether oxygens (including phenoxy) is 1. The lowest BCUT2D eigenvalue weighted by Gasteiger charge is -2.17. The molecule has 0 atom stereocenters. The predicted octanol–water partition coefficient (Wildman–Crippen LogP) is 1.57. The minimum Gasteiger partial charge on any atom is -0.491 e. The lowest BCUT2D eigenvalue weighted by atomic mass is 10.1. The van der Waals surface area contributed by atoms with Crippen LogP contribution in [-0.4, -0.2) is 37.2 Å². The largest absolute Gasteiger partial charge is 0.491 e. The molecule has 116 valence electrons. The maximum absolute atomic E-state index is 13.0. The number of amides is 2. The summed E-state index contributed by atoms with van der Waals surface area (Å²) in [6.07, 6.45) is -4.51. The molecule has 3 N–H and O–H groups in total. The molecule has 0 spiro atoms. The summed E-state index contributed by atoms with van der Waals surface area (Å²) in [5.41, 5.74) is 4.88. The Kier molecular flexibility index (Phi) is 4.56. The van der Waals surface area contributed by atoms with Crippen LogP contribution in [0.5, 0.6) is 5.75 Å². The third kappa shape index (κ3) is 3.78. The zero-order chi connectivity index (χ0) is 15.5. The van der Waals surface area contributed by atoms with Crippen LogP contribution in [0.2, 0.25) is 0 Å². The van der Waals surface area contributed by atoms with Gasteiger partial charge in [0.2, 0.25) is 0 Å². The molecule has 0 radical (unpaired) electrons. The van der Waals surface area contributed by atoms with E-state index in [0.29, 0.717) is 18.7 Å². The molecule has 1 aliphatic heterocycles. The van der Waals surface area contributed by atoms with Gasteiger partial charge in [-0.2, -0.15) is 13.2 Å². The van der Waals surface area contributed by atoms with Gasteiger partial charge in [-0.3, -0.25) is 0 Å². The van der Waals surface area contributed by atoms with Crippen LogP contribution in [0, 0.1) is 0 Å². The number of nitrogens with zero attached hydrogens (tertiary/aromatic N) is 1. The monoisotopic (exact) mass is 303 g/mol. The van der Waals surface area contributed by atoms with Gasteiger partial charge in [-0.05, 0) is 17.7 Å². The van der Waals surface area contributed by atoms with Crippen LogP contribution in [-0.2, 0) is 12.7 Å². The maximum atomic E-state index is 13.0. The summed E-state index contributed by atoms with van der Waals surface area (Å²) < 4.78 is 44.1. The summed E-state index contributed by atoms with van der Waals surface area (Å²) in [6, 6.07) is 3.51. The number of halogens is 3. The second-order valence-corrected chi connectivity index (χ2v) is 4.60. The van der Waals surface area contributed by atoms with Crippen LogP contribution < -0.4 is 15.8 Å². The minimum atomic E-state index is -4.51. The van der Waals surface area contributed by atoms with Crippen molar-refractivity contribution in [3.8, 4) is 5.75 Å². The highest BCUT2D eigenvalue weighted by Crippen LogP contribution is 2.36. The van der Waals surface area contributed by atoms with E-state index in [1.54, 1.807) is 0 Å². The van der Waals surface area contributed by atoms with Crippen LogP contribution in [0.4, 0.5) is 18.0 Å². The molecule has 0 bridgehead atoms. The Morgan fingerprint density at radius 2 is 2.14 bits per heavy atom. The molecule has 1 heterocycles. The van der Waals surface area contributed by atoms with Crippen LogP contribution in [0.15, 0.2) is 18.2 Å². The molecule has 21 heavy (non-hydrogen) atoms. The van der Waals surface area contributed by atoms with E-state index in [2.05, 4.69) is 5.32 Å². The molecule has 2 amide bonds. The first-order chi connectivity index (χ1) is 9.91.